The number of rotatable bonds is 8. The van der Waals surface area contributed by atoms with Crippen LogP contribution in [-0.4, -0.2) is 35.9 Å². The van der Waals surface area contributed by atoms with E-state index in [2.05, 4.69) is 0 Å². The van der Waals surface area contributed by atoms with Gasteiger partial charge in [-0.3, -0.25) is 4.79 Å². The van der Waals surface area contributed by atoms with Gasteiger partial charge in [0.15, 0.2) is 0 Å². The summed E-state index contributed by atoms with van der Waals surface area (Å²) in [7, 11) is 0. The van der Waals surface area contributed by atoms with Gasteiger partial charge in [0.05, 0.1) is 11.4 Å². The number of benzene rings is 1. The molecule has 0 spiro atoms. The second kappa shape index (κ2) is 7.55. The molecule has 0 heterocycles. The number of nitrogen functional groups attached to an aromatic ring is 1. The average molecular weight is 252 g/mol. The first-order chi connectivity index (χ1) is 8.65. The van der Waals surface area contributed by atoms with E-state index in [0.717, 1.165) is 24.9 Å². The van der Waals surface area contributed by atoms with E-state index in [4.69, 9.17) is 15.9 Å². The van der Waals surface area contributed by atoms with Crippen LogP contribution in [-0.2, 0) is 4.79 Å². The zero-order chi connectivity index (χ0) is 13.4. The quantitative estimate of drug-likeness (QED) is 0.480. The summed E-state index contributed by atoms with van der Waals surface area (Å²) in [5.74, 6) is -0.875. The van der Waals surface area contributed by atoms with Gasteiger partial charge in [-0.1, -0.05) is 12.1 Å². The Labute approximate surface area is 107 Å². The van der Waals surface area contributed by atoms with Crippen molar-refractivity contribution in [3.63, 3.8) is 0 Å². The first-order valence-electron chi connectivity index (χ1n) is 6.07. The third kappa shape index (κ3) is 4.63. The molecule has 5 nitrogen and oxygen atoms in total. The minimum absolute atomic E-state index is 0.0622. The normalized spacial score (nSPS) is 10.3. The van der Waals surface area contributed by atoms with Gasteiger partial charge in [-0.15, -0.1) is 0 Å². The maximum Gasteiger partial charge on any atom is 0.323 e. The summed E-state index contributed by atoms with van der Waals surface area (Å²) in [6.45, 7) is 0.736. The van der Waals surface area contributed by atoms with Gasteiger partial charge in [-0.05, 0) is 31.4 Å². The van der Waals surface area contributed by atoms with Crippen molar-refractivity contribution in [2.45, 2.75) is 19.3 Å². The van der Waals surface area contributed by atoms with Crippen LogP contribution < -0.4 is 10.6 Å². The SMILES string of the molecule is Nc1ccccc1N(CCCCCO)CC(=O)O. The van der Waals surface area contributed by atoms with Crippen LogP contribution in [0.1, 0.15) is 19.3 Å². The highest BCUT2D eigenvalue weighted by Crippen LogP contribution is 2.22. The number of aliphatic carboxylic acids is 1. The summed E-state index contributed by atoms with van der Waals surface area (Å²) in [5, 5.41) is 17.6. The fourth-order valence-corrected chi connectivity index (χ4v) is 1.81. The number of aliphatic hydroxyl groups excluding tert-OH is 1. The predicted molar refractivity (Wildman–Crippen MR) is 71.6 cm³/mol. The van der Waals surface area contributed by atoms with Crippen molar-refractivity contribution in [3.05, 3.63) is 24.3 Å². The number of hydrogen-bond donors (Lipinski definition) is 3. The third-order valence-electron chi connectivity index (χ3n) is 2.69. The van der Waals surface area contributed by atoms with E-state index in [-0.39, 0.29) is 13.2 Å². The third-order valence-corrected chi connectivity index (χ3v) is 2.69. The highest BCUT2D eigenvalue weighted by Gasteiger charge is 2.12. The Morgan fingerprint density at radius 3 is 2.56 bits per heavy atom. The molecule has 0 amide bonds. The number of para-hydroxylation sites is 2. The molecule has 5 heteroatoms. The van der Waals surface area contributed by atoms with Gasteiger partial charge in [0.1, 0.15) is 6.54 Å². The summed E-state index contributed by atoms with van der Waals surface area (Å²) in [5.41, 5.74) is 7.19. The van der Waals surface area contributed by atoms with Gasteiger partial charge in [0, 0.05) is 13.2 Å². The molecule has 0 aliphatic carbocycles. The molecular weight excluding hydrogens is 232 g/mol. The second-order valence-corrected chi connectivity index (χ2v) is 4.16. The number of aliphatic hydroxyl groups is 1. The molecule has 100 valence electrons. The van der Waals surface area contributed by atoms with Gasteiger partial charge in [0.2, 0.25) is 0 Å². The van der Waals surface area contributed by atoms with Crippen molar-refractivity contribution in [2.24, 2.45) is 0 Å². The molecular formula is C13H20N2O3. The fraction of sp³-hybridized carbons (Fsp3) is 0.462. The molecule has 0 aliphatic heterocycles. The Bertz CT molecular complexity index is 382. The molecule has 0 atom stereocenters. The number of anilines is 2. The number of carbonyl (C=O) groups is 1. The molecule has 18 heavy (non-hydrogen) atoms. The van der Waals surface area contributed by atoms with Crippen molar-refractivity contribution in [3.8, 4) is 0 Å². The van der Waals surface area contributed by atoms with E-state index in [9.17, 15) is 4.79 Å². The van der Waals surface area contributed by atoms with Crippen LogP contribution in [0.15, 0.2) is 24.3 Å². The lowest BCUT2D eigenvalue weighted by Crippen LogP contribution is -2.31. The van der Waals surface area contributed by atoms with E-state index in [0.29, 0.717) is 12.2 Å². The van der Waals surface area contributed by atoms with Gasteiger partial charge in [-0.25, -0.2) is 0 Å². The van der Waals surface area contributed by atoms with Crippen LogP contribution in [0.25, 0.3) is 0 Å². The van der Waals surface area contributed by atoms with E-state index >= 15 is 0 Å². The van der Waals surface area contributed by atoms with E-state index in [1.807, 2.05) is 18.2 Å². The minimum Gasteiger partial charge on any atom is -0.480 e. The first kappa shape index (κ1) is 14.3. The Kier molecular flexibility index (Phi) is 6.00. The van der Waals surface area contributed by atoms with Crippen molar-refractivity contribution in [2.75, 3.05) is 30.3 Å². The van der Waals surface area contributed by atoms with Gasteiger partial charge < -0.3 is 20.8 Å². The number of unbranched alkanes of at least 4 members (excludes halogenated alkanes) is 2. The lowest BCUT2D eigenvalue weighted by atomic mass is 10.2. The van der Waals surface area contributed by atoms with Gasteiger partial charge >= 0.3 is 5.97 Å². The largest absolute Gasteiger partial charge is 0.480 e. The fourth-order valence-electron chi connectivity index (χ4n) is 1.81. The Morgan fingerprint density at radius 1 is 1.22 bits per heavy atom. The summed E-state index contributed by atoms with van der Waals surface area (Å²) in [4.78, 5) is 12.6. The molecule has 0 aromatic heterocycles. The molecule has 4 N–H and O–H groups in total. The lowest BCUT2D eigenvalue weighted by Gasteiger charge is -2.24. The molecule has 0 fully saturated rings. The van der Waals surface area contributed by atoms with Crippen LogP contribution >= 0.6 is 0 Å². The minimum atomic E-state index is -0.875. The predicted octanol–water partition coefficient (Wildman–Crippen LogP) is 1.32. The standard InChI is InChI=1S/C13H20N2O3/c14-11-6-2-3-7-12(11)15(10-13(17)18)8-4-1-5-9-16/h2-3,6-7,16H,1,4-5,8-10,14H2,(H,17,18). The van der Waals surface area contributed by atoms with Gasteiger partial charge in [0.25, 0.3) is 0 Å². The number of carboxylic acid groups (broad SMARTS) is 1. The number of hydrogen-bond acceptors (Lipinski definition) is 4. The lowest BCUT2D eigenvalue weighted by molar-refractivity contribution is -0.135. The highest BCUT2D eigenvalue weighted by atomic mass is 16.4. The molecule has 1 aromatic carbocycles. The summed E-state index contributed by atoms with van der Waals surface area (Å²) < 4.78 is 0. The van der Waals surface area contributed by atoms with Crippen LogP contribution in [0.3, 0.4) is 0 Å². The molecule has 0 aliphatic rings. The van der Waals surface area contributed by atoms with E-state index < -0.39 is 5.97 Å². The monoisotopic (exact) mass is 252 g/mol. The van der Waals surface area contributed by atoms with E-state index in [1.54, 1.807) is 11.0 Å². The number of carboxylic acids is 1. The summed E-state index contributed by atoms with van der Waals surface area (Å²) in [6.07, 6.45) is 2.45. The van der Waals surface area contributed by atoms with Crippen LogP contribution in [0.5, 0.6) is 0 Å². The topological polar surface area (TPSA) is 86.8 Å². The summed E-state index contributed by atoms with van der Waals surface area (Å²) in [6, 6.07) is 7.25. The Morgan fingerprint density at radius 2 is 1.94 bits per heavy atom. The maximum absolute atomic E-state index is 10.9. The van der Waals surface area contributed by atoms with Crippen LogP contribution in [0.4, 0.5) is 11.4 Å². The van der Waals surface area contributed by atoms with Crippen molar-refractivity contribution < 1.29 is 15.0 Å². The molecule has 0 radical (unpaired) electrons. The second-order valence-electron chi connectivity index (χ2n) is 4.16. The Hall–Kier alpha value is -1.75. The molecule has 0 saturated carbocycles. The average Bonchev–Trinajstić information content (AvgIpc) is 2.33. The van der Waals surface area contributed by atoms with Crippen LogP contribution in [0.2, 0.25) is 0 Å². The highest BCUT2D eigenvalue weighted by molar-refractivity contribution is 5.77. The number of nitrogens with zero attached hydrogens (tertiary/aromatic N) is 1. The first-order valence-corrected chi connectivity index (χ1v) is 6.07. The molecule has 0 bridgehead atoms. The molecule has 1 rings (SSSR count). The zero-order valence-electron chi connectivity index (χ0n) is 10.4. The Balaban J connectivity index is 2.66. The molecule has 0 unspecified atom stereocenters. The van der Waals surface area contributed by atoms with Crippen molar-refractivity contribution in [1.29, 1.82) is 0 Å². The van der Waals surface area contributed by atoms with Crippen molar-refractivity contribution >= 4 is 17.3 Å². The van der Waals surface area contributed by atoms with Crippen molar-refractivity contribution in [1.82, 2.24) is 0 Å². The summed E-state index contributed by atoms with van der Waals surface area (Å²) >= 11 is 0. The maximum atomic E-state index is 10.9. The zero-order valence-corrected chi connectivity index (χ0v) is 10.4. The van der Waals surface area contributed by atoms with E-state index in [1.165, 1.54) is 0 Å². The smallest absolute Gasteiger partial charge is 0.323 e. The number of nitrogens with two attached hydrogens (primary N) is 1. The molecule has 0 saturated heterocycles. The van der Waals surface area contributed by atoms with Gasteiger partial charge in [-0.2, -0.15) is 0 Å². The van der Waals surface area contributed by atoms with Crippen LogP contribution in [0, 0.1) is 0 Å². The molecule has 1 aromatic rings.